The molecule has 0 amide bonds. The van der Waals surface area contributed by atoms with Gasteiger partial charge in [-0.2, -0.15) is 0 Å². The first-order valence-electron chi connectivity index (χ1n) is 11.1. The lowest BCUT2D eigenvalue weighted by Gasteiger charge is -2.19. The molecule has 1 atom stereocenters. The van der Waals surface area contributed by atoms with Gasteiger partial charge >= 0.3 is 0 Å². The van der Waals surface area contributed by atoms with Gasteiger partial charge in [0.25, 0.3) is 14.1 Å². The van der Waals surface area contributed by atoms with Crippen LogP contribution in [0.15, 0.2) is 30.3 Å². The van der Waals surface area contributed by atoms with Gasteiger partial charge in [0.15, 0.2) is 0 Å². The van der Waals surface area contributed by atoms with Crippen LogP contribution in [0.4, 0.5) is 0 Å². The minimum atomic E-state index is -0.741. The smallest absolute Gasteiger partial charge is 0.0932 e. The Kier molecular flexibility index (Phi) is 9.97. The topological polar surface area (TPSA) is 0 Å². The van der Waals surface area contributed by atoms with E-state index in [1.54, 1.807) is 21.7 Å². The fraction of sp³-hybridized carbons (Fsp3) is 0.667. The van der Waals surface area contributed by atoms with Crippen molar-refractivity contribution < 1.29 is 0 Å². The largest absolute Gasteiger partial charge is 0.277 e. The molecule has 1 aliphatic rings. The zero-order valence-corrected chi connectivity index (χ0v) is 18.2. The molecule has 0 aromatic heterocycles. The molecule has 1 heteroatoms. The molecule has 0 aliphatic heterocycles. The summed E-state index contributed by atoms with van der Waals surface area (Å²) in [6, 6.07) is 9.23. The first-order valence-corrected chi connectivity index (χ1v) is 13.4. The molecule has 138 valence electrons. The molecule has 1 unspecified atom stereocenters. The van der Waals surface area contributed by atoms with Crippen LogP contribution >= 0.6 is 0 Å². The van der Waals surface area contributed by atoms with E-state index in [4.69, 9.17) is 0 Å². The molecule has 1 aromatic rings. The summed E-state index contributed by atoms with van der Waals surface area (Å²) in [5.74, 6) is 0. The van der Waals surface area contributed by atoms with E-state index in [9.17, 15) is 0 Å². The van der Waals surface area contributed by atoms with Gasteiger partial charge in [0.05, 0.1) is 0 Å². The van der Waals surface area contributed by atoms with Crippen molar-refractivity contribution in [1.29, 1.82) is 0 Å². The van der Waals surface area contributed by atoms with E-state index in [0.29, 0.717) is 0 Å². The summed E-state index contributed by atoms with van der Waals surface area (Å²) in [4.78, 5) is 0. The highest BCUT2D eigenvalue weighted by atomic mass is 27.2. The summed E-state index contributed by atoms with van der Waals surface area (Å²) in [5.41, 5.74) is 4.75. The number of hydrogen-bond donors (Lipinski definition) is 0. The van der Waals surface area contributed by atoms with Crippen LogP contribution in [0, 0.1) is 0 Å². The Balaban J connectivity index is 1.93. The minimum Gasteiger partial charge on any atom is -0.0932 e. The van der Waals surface area contributed by atoms with Crippen LogP contribution in [0.25, 0.3) is 5.57 Å². The average molecular weight is 355 g/mol. The Morgan fingerprint density at radius 1 is 0.760 bits per heavy atom. The molecule has 0 saturated carbocycles. The van der Waals surface area contributed by atoms with Crippen molar-refractivity contribution >= 4 is 19.7 Å². The lowest BCUT2D eigenvalue weighted by atomic mass is 10.1. The van der Waals surface area contributed by atoms with Crippen molar-refractivity contribution in [2.75, 3.05) is 0 Å². The first-order chi connectivity index (χ1) is 12.3. The third-order valence-corrected chi connectivity index (χ3v) is 9.91. The van der Waals surface area contributed by atoms with Gasteiger partial charge < -0.3 is 0 Å². The van der Waals surface area contributed by atoms with Crippen LogP contribution in [-0.4, -0.2) is 14.1 Å². The molecule has 25 heavy (non-hydrogen) atoms. The Morgan fingerprint density at radius 3 is 1.92 bits per heavy atom. The molecule has 2 rings (SSSR count). The number of allylic oxidation sites excluding steroid dienone is 2. The number of rotatable bonds is 13. The number of unbranched alkanes of at least 4 members (excludes halogenated alkanes) is 8. The molecule has 0 fully saturated rings. The summed E-state index contributed by atoms with van der Waals surface area (Å²) < 4.78 is 0.813. The van der Waals surface area contributed by atoms with E-state index in [-0.39, 0.29) is 0 Å². The van der Waals surface area contributed by atoms with E-state index < -0.39 is 14.1 Å². The number of fused-ring (bicyclic) bond motifs is 1. The molecule has 0 saturated heterocycles. The van der Waals surface area contributed by atoms with Crippen molar-refractivity contribution in [2.45, 2.75) is 100 Å². The van der Waals surface area contributed by atoms with Crippen molar-refractivity contribution in [3.63, 3.8) is 0 Å². The molecule has 0 bridgehead atoms. The highest BCUT2D eigenvalue weighted by Crippen LogP contribution is 2.39. The van der Waals surface area contributed by atoms with E-state index >= 15 is 0 Å². The molecule has 0 radical (unpaired) electrons. The second kappa shape index (κ2) is 12.0. The predicted octanol–water partition coefficient (Wildman–Crippen LogP) is 8.16. The Hall–Kier alpha value is -0.508. The normalized spacial score (nSPS) is 16.0. The van der Waals surface area contributed by atoms with Crippen LogP contribution in [0.1, 0.15) is 101 Å². The zero-order chi connectivity index (χ0) is 17.9. The van der Waals surface area contributed by atoms with Crippen molar-refractivity contribution in [2.24, 2.45) is 0 Å². The molecular weight excluding hydrogens is 315 g/mol. The molecule has 0 nitrogen and oxygen atoms in total. The number of hydrogen-bond acceptors (Lipinski definition) is 0. The summed E-state index contributed by atoms with van der Waals surface area (Å²) in [7, 11) is 0. The van der Waals surface area contributed by atoms with Crippen LogP contribution in [0.5, 0.6) is 0 Å². The van der Waals surface area contributed by atoms with E-state index in [0.717, 1.165) is 4.78 Å². The molecule has 1 aromatic carbocycles. The van der Waals surface area contributed by atoms with Gasteiger partial charge in [-0.15, -0.1) is 0 Å². The Morgan fingerprint density at radius 2 is 1.32 bits per heavy atom. The highest BCUT2D eigenvalue weighted by Gasteiger charge is 2.31. The zero-order valence-electron chi connectivity index (χ0n) is 17.0. The van der Waals surface area contributed by atoms with Crippen LogP contribution in [0.2, 0.25) is 10.6 Å². The summed E-state index contributed by atoms with van der Waals surface area (Å²) in [5, 5.41) is 3.11. The van der Waals surface area contributed by atoms with Crippen LogP contribution in [-0.2, 0) is 0 Å². The number of benzene rings is 1. The van der Waals surface area contributed by atoms with E-state index in [1.807, 2.05) is 0 Å². The van der Waals surface area contributed by atoms with Gasteiger partial charge in [0.1, 0.15) is 0 Å². The molecule has 1 aliphatic carbocycles. The van der Waals surface area contributed by atoms with Crippen molar-refractivity contribution in [3.8, 4) is 0 Å². The summed E-state index contributed by atoms with van der Waals surface area (Å²) in [6.07, 6.45) is 17.0. The lowest BCUT2D eigenvalue weighted by molar-refractivity contribution is 0.643. The van der Waals surface area contributed by atoms with Gasteiger partial charge in [-0.25, -0.2) is 0 Å². The van der Waals surface area contributed by atoms with E-state index in [1.165, 1.54) is 69.8 Å². The van der Waals surface area contributed by atoms with Crippen molar-refractivity contribution in [1.82, 2.24) is 0 Å². The lowest BCUT2D eigenvalue weighted by Crippen LogP contribution is -2.21. The monoisotopic (exact) mass is 354 g/mol. The van der Waals surface area contributed by atoms with Gasteiger partial charge in [-0.05, 0) is 28.4 Å². The fourth-order valence-corrected chi connectivity index (χ4v) is 8.50. The highest BCUT2D eigenvalue weighted by molar-refractivity contribution is 6.61. The summed E-state index contributed by atoms with van der Waals surface area (Å²) >= 11 is -0.741. The quantitative estimate of drug-likeness (QED) is 0.247. The second-order valence-corrected chi connectivity index (χ2v) is 11.5. The molecule has 0 heterocycles. The average Bonchev–Trinajstić information content (AvgIpc) is 2.97. The molecular formula is C24H39Al. The second-order valence-electron chi connectivity index (χ2n) is 8.13. The standard InChI is InChI=1S/C10H9.2C7H15.Al/c1-8-6-7-9-4-2-3-5-10(8)9;2*1-3-5-7-6-4-2;/h2-7H,1H3;2*1,3-7H2,2H3;. The van der Waals surface area contributed by atoms with Crippen molar-refractivity contribution in [3.05, 3.63) is 41.5 Å². The first kappa shape index (κ1) is 20.8. The van der Waals surface area contributed by atoms with Gasteiger partial charge in [0.2, 0.25) is 0 Å². The third kappa shape index (κ3) is 6.62. The maximum atomic E-state index is 2.64. The Labute approximate surface area is 161 Å². The molecule has 0 N–H and O–H groups in total. The maximum Gasteiger partial charge on any atom is 0.277 e. The predicted molar refractivity (Wildman–Crippen MR) is 116 cm³/mol. The summed E-state index contributed by atoms with van der Waals surface area (Å²) in [6.45, 7) is 6.96. The van der Waals surface area contributed by atoms with Gasteiger partial charge in [0, 0.05) is 0 Å². The van der Waals surface area contributed by atoms with Crippen LogP contribution < -0.4 is 0 Å². The molecule has 0 spiro atoms. The van der Waals surface area contributed by atoms with Gasteiger partial charge in [-0.3, -0.25) is 0 Å². The van der Waals surface area contributed by atoms with Gasteiger partial charge in [-0.1, -0.05) is 119 Å². The Bertz CT molecular complexity index is 503. The SMILES string of the molecule is CCCCCC[CH2][Al]([CH2]CCCCCC)[CH]1C=C(C)c2ccccc21. The third-order valence-electron chi connectivity index (χ3n) is 6.04. The minimum absolute atomic E-state index is 0.741. The maximum absolute atomic E-state index is 2.64. The van der Waals surface area contributed by atoms with Crippen LogP contribution in [0.3, 0.4) is 0 Å². The van der Waals surface area contributed by atoms with E-state index in [2.05, 4.69) is 51.1 Å². The fourth-order valence-electron chi connectivity index (χ4n) is 4.51.